The number of fused-ring (bicyclic) bond motifs is 1. The Bertz CT molecular complexity index is 556. The molecular formula is C12H13N3O2. The lowest BCUT2D eigenvalue weighted by Crippen LogP contribution is -2.36. The molecule has 17 heavy (non-hydrogen) atoms. The number of hydrogen-bond acceptors (Lipinski definition) is 4. The van der Waals surface area contributed by atoms with E-state index in [0.29, 0.717) is 5.82 Å². The van der Waals surface area contributed by atoms with Gasteiger partial charge in [-0.25, -0.2) is 9.78 Å². The van der Waals surface area contributed by atoms with E-state index in [9.17, 15) is 4.79 Å². The molecule has 2 aromatic rings. The minimum Gasteiger partial charge on any atom is -0.480 e. The van der Waals surface area contributed by atoms with Gasteiger partial charge in [-0.3, -0.25) is 4.98 Å². The molecule has 0 fully saturated rings. The van der Waals surface area contributed by atoms with Crippen LogP contribution in [0, 0.1) is 0 Å². The maximum atomic E-state index is 10.9. The topological polar surface area (TPSA) is 66.3 Å². The molecule has 5 nitrogen and oxygen atoms in total. The van der Waals surface area contributed by atoms with Crippen LogP contribution in [0.25, 0.3) is 11.0 Å². The van der Waals surface area contributed by atoms with Gasteiger partial charge in [-0.1, -0.05) is 12.1 Å². The molecule has 1 heterocycles. The van der Waals surface area contributed by atoms with Crippen LogP contribution >= 0.6 is 0 Å². The molecule has 0 saturated carbocycles. The first-order chi connectivity index (χ1) is 8.09. The Balaban J connectivity index is 2.39. The van der Waals surface area contributed by atoms with Gasteiger partial charge < -0.3 is 10.0 Å². The summed E-state index contributed by atoms with van der Waals surface area (Å²) in [6.45, 7) is 1.61. The molecule has 2 rings (SSSR count). The van der Waals surface area contributed by atoms with Crippen LogP contribution in [0.2, 0.25) is 0 Å². The molecule has 1 unspecified atom stereocenters. The number of para-hydroxylation sites is 2. The molecule has 1 N–H and O–H groups in total. The predicted molar refractivity (Wildman–Crippen MR) is 65.0 cm³/mol. The van der Waals surface area contributed by atoms with Crippen molar-refractivity contribution in [2.45, 2.75) is 13.0 Å². The molecule has 0 aliphatic carbocycles. The highest BCUT2D eigenvalue weighted by Crippen LogP contribution is 2.15. The van der Waals surface area contributed by atoms with Crippen LogP contribution in [-0.4, -0.2) is 34.1 Å². The van der Waals surface area contributed by atoms with Gasteiger partial charge in [0, 0.05) is 7.05 Å². The third kappa shape index (κ3) is 2.18. The Morgan fingerprint density at radius 3 is 2.65 bits per heavy atom. The summed E-state index contributed by atoms with van der Waals surface area (Å²) >= 11 is 0. The Hall–Kier alpha value is -2.17. The van der Waals surface area contributed by atoms with E-state index in [0.717, 1.165) is 11.0 Å². The number of rotatable bonds is 3. The fourth-order valence-electron chi connectivity index (χ4n) is 1.48. The quantitative estimate of drug-likeness (QED) is 0.867. The van der Waals surface area contributed by atoms with E-state index in [4.69, 9.17) is 5.11 Å². The summed E-state index contributed by atoms with van der Waals surface area (Å²) in [5.41, 5.74) is 1.56. The first kappa shape index (κ1) is 11.3. The largest absolute Gasteiger partial charge is 0.480 e. The van der Waals surface area contributed by atoms with Crippen molar-refractivity contribution in [1.82, 2.24) is 9.97 Å². The lowest BCUT2D eigenvalue weighted by atomic mass is 10.3. The van der Waals surface area contributed by atoms with Gasteiger partial charge in [0.2, 0.25) is 0 Å². The van der Waals surface area contributed by atoms with Crippen LogP contribution in [0.15, 0.2) is 30.5 Å². The molecule has 0 saturated heterocycles. The van der Waals surface area contributed by atoms with E-state index in [1.165, 1.54) is 0 Å². The predicted octanol–water partition coefficient (Wildman–Crippen LogP) is 1.54. The number of carbonyl (C=O) groups is 1. The Labute approximate surface area is 98.7 Å². The molecule has 0 spiro atoms. The zero-order valence-electron chi connectivity index (χ0n) is 9.66. The molecule has 0 radical (unpaired) electrons. The molecule has 0 bridgehead atoms. The van der Waals surface area contributed by atoms with Crippen molar-refractivity contribution in [3.63, 3.8) is 0 Å². The maximum Gasteiger partial charge on any atom is 0.326 e. The number of carboxylic acid groups (broad SMARTS) is 1. The second-order valence-electron chi connectivity index (χ2n) is 3.84. The van der Waals surface area contributed by atoms with Gasteiger partial charge in [0.15, 0.2) is 0 Å². The fraction of sp³-hybridized carbons (Fsp3) is 0.250. The lowest BCUT2D eigenvalue weighted by molar-refractivity contribution is -0.138. The number of hydrogen-bond donors (Lipinski definition) is 1. The second kappa shape index (κ2) is 4.37. The van der Waals surface area contributed by atoms with Crippen LogP contribution in [0.1, 0.15) is 6.92 Å². The second-order valence-corrected chi connectivity index (χ2v) is 3.84. The molecule has 0 aliphatic heterocycles. The van der Waals surface area contributed by atoms with Crippen LogP contribution in [0.4, 0.5) is 5.82 Å². The lowest BCUT2D eigenvalue weighted by Gasteiger charge is -2.22. The maximum absolute atomic E-state index is 10.9. The molecule has 1 aromatic carbocycles. The van der Waals surface area contributed by atoms with Crippen LogP contribution in [0.5, 0.6) is 0 Å². The number of aliphatic carboxylic acids is 1. The molecule has 0 aliphatic rings. The highest BCUT2D eigenvalue weighted by atomic mass is 16.4. The summed E-state index contributed by atoms with van der Waals surface area (Å²) in [5.74, 6) is -0.332. The van der Waals surface area contributed by atoms with Crippen molar-refractivity contribution in [3.05, 3.63) is 30.5 Å². The zero-order valence-corrected chi connectivity index (χ0v) is 9.66. The summed E-state index contributed by atoms with van der Waals surface area (Å²) in [6.07, 6.45) is 1.59. The SMILES string of the molecule is CC(C(=O)O)N(C)c1cnc2ccccc2n1. The van der Waals surface area contributed by atoms with E-state index >= 15 is 0 Å². The summed E-state index contributed by atoms with van der Waals surface area (Å²) in [7, 11) is 1.69. The summed E-state index contributed by atoms with van der Waals surface area (Å²) in [5, 5.41) is 8.94. The average molecular weight is 231 g/mol. The number of carboxylic acids is 1. The fourth-order valence-corrected chi connectivity index (χ4v) is 1.48. The van der Waals surface area contributed by atoms with Gasteiger partial charge in [0.25, 0.3) is 0 Å². The Morgan fingerprint density at radius 1 is 1.35 bits per heavy atom. The molecule has 1 aromatic heterocycles. The van der Waals surface area contributed by atoms with Crippen molar-refractivity contribution in [3.8, 4) is 0 Å². The number of likely N-dealkylation sites (N-methyl/N-ethyl adjacent to an activating group) is 1. The smallest absolute Gasteiger partial charge is 0.326 e. The van der Waals surface area contributed by atoms with Crippen molar-refractivity contribution in [1.29, 1.82) is 0 Å². The third-order valence-electron chi connectivity index (χ3n) is 2.74. The number of nitrogens with zero attached hydrogens (tertiary/aromatic N) is 3. The van der Waals surface area contributed by atoms with E-state index in [2.05, 4.69) is 9.97 Å². The molecular weight excluding hydrogens is 218 g/mol. The summed E-state index contributed by atoms with van der Waals surface area (Å²) < 4.78 is 0. The minimum absolute atomic E-state index is 0.554. The zero-order chi connectivity index (χ0) is 12.4. The van der Waals surface area contributed by atoms with Crippen LogP contribution < -0.4 is 4.90 Å². The summed E-state index contributed by atoms with van der Waals surface area (Å²) in [4.78, 5) is 21.1. The van der Waals surface area contributed by atoms with Crippen molar-refractivity contribution in [2.24, 2.45) is 0 Å². The standard InChI is InChI=1S/C12H13N3O2/c1-8(12(16)17)15(2)11-7-13-9-5-3-4-6-10(9)14-11/h3-8H,1-2H3,(H,16,17). The Kier molecular flexibility index (Phi) is 2.91. The number of anilines is 1. The first-order valence-electron chi connectivity index (χ1n) is 5.27. The molecule has 5 heteroatoms. The van der Waals surface area contributed by atoms with E-state index in [-0.39, 0.29) is 0 Å². The van der Waals surface area contributed by atoms with Crippen molar-refractivity contribution < 1.29 is 9.90 Å². The van der Waals surface area contributed by atoms with E-state index < -0.39 is 12.0 Å². The van der Waals surface area contributed by atoms with Crippen molar-refractivity contribution in [2.75, 3.05) is 11.9 Å². The number of benzene rings is 1. The van der Waals surface area contributed by atoms with Crippen LogP contribution in [0.3, 0.4) is 0 Å². The molecule has 88 valence electrons. The van der Waals surface area contributed by atoms with Crippen LogP contribution in [-0.2, 0) is 4.79 Å². The van der Waals surface area contributed by atoms with Crippen molar-refractivity contribution >= 4 is 22.8 Å². The highest BCUT2D eigenvalue weighted by molar-refractivity contribution is 5.79. The van der Waals surface area contributed by atoms with Gasteiger partial charge >= 0.3 is 5.97 Å². The van der Waals surface area contributed by atoms with Gasteiger partial charge in [-0.15, -0.1) is 0 Å². The normalized spacial score (nSPS) is 12.4. The van der Waals surface area contributed by atoms with Gasteiger partial charge in [0.05, 0.1) is 17.2 Å². The molecule has 0 amide bonds. The van der Waals surface area contributed by atoms with E-state index in [1.807, 2.05) is 24.3 Å². The minimum atomic E-state index is -0.887. The molecule has 1 atom stereocenters. The van der Waals surface area contributed by atoms with E-state index in [1.54, 1.807) is 25.1 Å². The first-order valence-corrected chi connectivity index (χ1v) is 5.27. The average Bonchev–Trinajstić information content (AvgIpc) is 2.36. The highest BCUT2D eigenvalue weighted by Gasteiger charge is 2.18. The number of aromatic nitrogens is 2. The monoisotopic (exact) mass is 231 g/mol. The van der Waals surface area contributed by atoms with Gasteiger partial charge in [0.1, 0.15) is 11.9 Å². The summed E-state index contributed by atoms with van der Waals surface area (Å²) in [6, 6.07) is 6.85. The third-order valence-corrected chi connectivity index (χ3v) is 2.74. The van der Waals surface area contributed by atoms with Gasteiger partial charge in [-0.2, -0.15) is 0 Å². The Morgan fingerprint density at radius 2 is 2.00 bits per heavy atom. The van der Waals surface area contributed by atoms with Gasteiger partial charge in [-0.05, 0) is 19.1 Å².